The molecule has 6 heteroatoms. The van der Waals surface area contributed by atoms with E-state index in [-0.39, 0.29) is 17.3 Å². The van der Waals surface area contributed by atoms with E-state index < -0.39 is 17.7 Å². The van der Waals surface area contributed by atoms with Gasteiger partial charge >= 0.3 is 0 Å². The quantitative estimate of drug-likeness (QED) is 0.811. The largest absolute Gasteiger partial charge is 0.385 e. The number of methoxy groups -OCH3 is 1. The smallest absolute Gasteiger partial charge is 0.247 e. The van der Waals surface area contributed by atoms with Gasteiger partial charge in [-0.1, -0.05) is 0 Å². The lowest BCUT2D eigenvalue weighted by molar-refractivity contribution is -0.117. The molecular formula is C12H14F2N2O2. The molecule has 1 aliphatic heterocycles. The van der Waals surface area contributed by atoms with Crippen LogP contribution in [0.2, 0.25) is 0 Å². The Morgan fingerprint density at radius 3 is 2.89 bits per heavy atom. The van der Waals surface area contributed by atoms with Crippen LogP contribution in [0, 0.1) is 11.6 Å². The van der Waals surface area contributed by atoms with Crippen LogP contribution in [-0.2, 0) is 9.53 Å². The van der Waals surface area contributed by atoms with Gasteiger partial charge in [-0.25, -0.2) is 8.78 Å². The molecule has 1 unspecified atom stereocenters. The van der Waals surface area contributed by atoms with E-state index in [1.807, 2.05) is 0 Å². The first-order valence-electron chi connectivity index (χ1n) is 5.67. The lowest BCUT2D eigenvalue weighted by Crippen LogP contribution is -2.39. The Morgan fingerprint density at radius 1 is 1.39 bits per heavy atom. The fourth-order valence-electron chi connectivity index (χ4n) is 1.91. The molecular weight excluding hydrogens is 242 g/mol. The van der Waals surface area contributed by atoms with Crippen LogP contribution in [0.25, 0.3) is 0 Å². The second kappa shape index (κ2) is 5.30. The van der Waals surface area contributed by atoms with Crippen molar-refractivity contribution in [3.8, 4) is 0 Å². The third-order valence-corrected chi connectivity index (χ3v) is 2.79. The van der Waals surface area contributed by atoms with Gasteiger partial charge in [0.25, 0.3) is 0 Å². The minimum atomic E-state index is -0.777. The van der Waals surface area contributed by atoms with E-state index in [0.29, 0.717) is 19.4 Å². The molecule has 2 rings (SSSR count). The fourth-order valence-corrected chi connectivity index (χ4v) is 1.91. The number of carbonyl (C=O) groups is 1. The number of ether oxygens (including phenoxy) is 1. The van der Waals surface area contributed by atoms with Crippen molar-refractivity contribution in [2.45, 2.75) is 18.9 Å². The zero-order chi connectivity index (χ0) is 13.1. The number of rotatable bonds is 4. The van der Waals surface area contributed by atoms with E-state index in [0.717, 1.165) is 6.07 Å². The van der Waals surface area contributed by atoms with E-state index >= 15 is 0 Å². The molecule has 0 radical (unpaired) electrons. The van der Waals surface area contributed by atoms with Crippen molar-refractivity contribution in [2.75, 3.05) is 24.4 Å². The van der Waals surface area contributed by atoms with Gasteiger partial charge in [0.05, 0.1) is 5.69 Å². The third-order valence-electron chi connectivity index (χ3n) is 2.79. The number of carbonyl (C=O) groups excluding carboxylic acids is 1. The number of nitrogens with one attached hydrogen (secondary N) is 2. The monoisotopic (exact) mass is 256 g/mol. The summed E-state index contributed by atoms with van der Waals surface area (Å²) in [6.45, 7) is 0.538. The standard InChI is InChI=1S/C12H14F2N2O2/c1-18-4-2-3-9-12(17)16-11-8(14)5-7(13)6-10(11)15-9/h5-6,9,15H,2-4H2,1H3,(H,16,17). The molecule has 0 aliphatic carbocycles. The lowest BCUT2D eigenvalue weighted by atomic mass is 10.1. The van der Waals surface area contributed by atoms with Crippen molar-refractivity contribution >= 4 is 17.3 Å². The third kappa shape index (κ3) is 2.59. The van der Waals surface area contributed by atoms with E-state index in [1.165, 1.54) is 6.07 Å². The highest BCUT2D eigenvalue weighted by atomic mass is 19.1. The molecule has 0 fully saturated rings. The van der Waals surface area contributed by atoms with Gasteiger partial charge in [0, 0.05) is 19.8 Å². The van der Waals surface area contributed by atoms with Crippen LogP contribution < -0.4 is 10.6 Å². The molecule has 98 valence electrons. The van der Waals surface area contributed by atoms with Crippen molar-refractivity contribution in [3.63, 3.8) is 0 Å². The normalized spacial score (nSPS) is 17.9. The maximum atomic E-state index is 13.4. The summed E-state index contributed by atoms with van der Waals surface area (Å²) in [6.07, 6.45) is 1.23. The maximum Gasteiger partial charge on any atom is 0.247 e. The zero-order valence-electron chi connectivity index (χ0n) is 9.93. The molecule has 1 heterocycles. The van der Waals surface area contributed by atoms with Crippen molar-refractivity contribution in [1.82, 2.24) is 0 Å². The first-order valence-corrected chi connectivity index (χ1v) is 5.67. The van der Waals surface area contributed by atoms with Gasteiger partial charge in [-0.3, -0.25) is 4.79 Å². The molecule has 0 spiro atoms. The average Bonchev–Trinajstić information content (AvgIpc) is 2.31. The number of halogens is 2. The second-order valence-corrected chi connectivity index (χ2v) is 4.13. The highest BCUT2D eigenvalue weighted by Gasteiger charge is 2.27. The summed E-state index contributed by atoms with van der Waals surface area (Å²) < 4.78 is 31.4. The Labute approximate surface area is 103 Å². The van der Waals surface area contributed by atoms with Gasteiger partial charge in [-0.05, 0) is 18.9 Å². The summed E-state index contributed by atoms with van der Waals surface area (Å²) in [5, 5.41) is 5.29. The molecule has 1 aliphatic rings. The van der Waals surface area contributed by atoms with Crippen LogP contribution in [0.15, 0.2) is 12.1 Å². The Balaban J connectivity index is 2.14. The minimum Gasteiger partial charge on any atom is -0.385 e. The number of benzene rings is 1. The molecule has 1 amide bonds. The van der Waals surface area contributed by atoms with Crippen LogP contribution in [0.3, 0.4) is 0 Å². The molecule has 0 saturated heterocycles. The molecule has 1 aromatic carbocycles. The number of amides is 1. The summed E-state index contributed by atoms with van der Waals surface area (Å²) >= 11 is 0. The Bertz CT molecular complexity index is 466. The summed E-state index contributed by atoms with van der Waals surface area (Å²) in [5.41, 5.74) is 0.277. The Kier molecular flexibility index (Phi) is 3.76. The Morgan fingerprint density at radius 2 is 2.17 bits per heavy atom. The molecule has 4 nitrogen and oxygen atoms in total. The van der Waals surface area contributed by atoms with Gasteiger partial charge in [0.15, 0.2) is 5.82 Å². The molecule has 2 N–H and O–H groups in total. The van der Waals surface area contributed by atoms with Crippen molar-refractivity contribution in [1.29, 1.82) is 0 Å². The summed E-state index contributed by atoms with van der Waals surface area (Å²) in [7, 11) is 1.58. The van der Waals surface area contributed by atoms with Crippen LogP contribution in [0.1, 0.15) is 12.8 Å². The molecule has 0 saturated carbocycles. The van der Waals surface area contributed by atoms with E-state index in [9.17, 15) is 13.6 Å². The molecule has 1 aromatic rings. The number of hydrogen-bond acceptors (Lipinski definition) is 3. The van der Waals surface area contributed by atoms with Crippen molar-refractivity contribution in [2.24, 2.45) is 0 Å². The lowest BCUT2D eigenvalue weighted by Gasteiger charge is -2.27. The second-order valence-electron chi connectivity index (χ2n) is 4.13. The minimum absolute atomic E-state index is 0.00407. The molecule has 0 bridgehead atoms. The van der Waals surface area contributed by atoms with Gasteiger partial charge in [0.1, 0.15) is 17.5 Å². The predicted octanol–water partition coefficient (Wildman–Crippen LogP) is 2.12. The van der Waals surface area contributed by atoms with Gasteiger partial charge in [-0.15, -0.1) is 0 Å². The zero-order valence-corrected chi connectivity index (χ0v) is 9.93. The van der Waals surface area contributed by atoms with E-state index in [2.05, 4.69) is 10.6 Å². The molecule has 18 heavy (non-hydrogen) atoms. The number of hydrogen-bond donors (Lipinski definition) is 2. The van der Waals surface area contributed by atoms with Gasteiger partial charge in [-0.2, -0.15) is 0 Å². The average molecular weight is 256 g/mol. The van der Waals surface area contributed by atoms with Crippen LogP contribution >= 0.6 is 0 Å². The summed E-state index contributed by atoms with van der Waals surface area (Å²) in [4.78, 5) is 11.7. The van der Waals surface area contributed by atoms with Crippen LogP contribution in [0.5, 0.6) is 0 Å². The summed E-state index contributed by atoms with van der Waals surface area (Å²) in [6, 6.07) is 1.42. The van der Waals surface area contributed by atoms with Crippen molar-refractivity contribution in [3.05, 3.63) is 23.8 Å². The number of anilines is 2. The Hall–Kier alpha value is -1.69. The van der Waals surface area contributed by atoms with Crippen LogP contribution in [-0.4, -0.2) is 25.7 Å². The first-order chi connectivity index (χ1) is 8.61. The molecule has 1 atom stereocenters. The SMILES string of the molecule is COCCCC1Nc2cc(F)cc(F)c2NC1=O. The van der Waals surface area contributed by atoms with E-state index in [4.69, 9.17) is 4.74 Å². The van der Waals surface area contributed by atoms with E-state index in [1.54, 1.807) is 7.11 Å². The van der Waals surface area contributed by atoms with Crippen molar-refractivity contribution < 1.29 is 18.3 Å². The fraction of sp³-hybridized carbons (Fsp3) is 0.417. The highest BCUT2D eigenvalue weighted by molar-refractivity contribution is 6.03. The topological polar surface area (TPSA) is 50.4 Å². The first kappa shape index (κ1) is 12.8. The molecule has 0 aromatic heterocycles. The number of fused-ring (bicyclic) bond motifs is 1. The maximum absolute atomic E-state index is 13.4. The highest BCUT2D eigenvalue weighted by Crippen LogP contribution is 2.31. The van der Waals surface area contributed by atoms with Crippen LogP contribution in [0.4, 0.5) is 20.2 Å². The summed E-state index contributed by atoms with van der Waals surface area (Å²) in [5.74, 6) is -1.77. The predicted molar refractivity (Wildman–Crippen MR) is 63.5 cm³/mol. The van der Waals surface area contributed by atoms with Gasteiger partial charge < -0.3 is 15.4 Å². The van der Waals surface area contributed by atoms with Gasteiger partial charge in [0.2, 0.25) is 5.91 Å².